The van der Waals surface area contributed by atoms with Gasteiger partial charge in [0.15, 0.2) is 10.8 Å². The lowest BCUT2D eigenvalue weighted by atomic mass is 10.2. The maximum atomic E-state index is 11.1. The van der Waals surface area contributed by atoms with E-state index in [-0.39, 0.29) is 16.4 Å². The van der Waals surface area contributed by atoms with E-state index in [1.807, 2.05) is 0 Å². The third-order valence-corrected chi connectivity index (χ3v) is 2.72. The summed E-state index contributed by atoms with van der Waals surface area (Å²) in [5.74, 6) is -1.06. The van der Waals surface area contributed by atoms with Gasteiger partial charge in [-0.05, 0) is 12.1 Å². The van der Waals surface area contributed by atoms with Crippen molar-refractivity contribution in [2.45, 2.75) is 0 Å². The summed E-state index contributed by atoms with van der Waals surface area (Å²) in [5.41, 5.74) is 0.879. The molecule has 0 spiro atoms. The van der Waals surface area contributed by atoms with Crippen LogP contribution in [0.1, 0.15) is 10.4 Å². The molecule has 7 heteroatoms. The Hall–Kier alpha value is -2.21. The highest BCUT2D eigenvalue weighted by molar-refractivity contribution is 6.34. The second kappa shape index (κ2) is 3.39. The molecule has 0 saturated carbocycles. The van der Waals surface area contributed by atoms with Crippen LogP contribution in [0.15, 0.2) is 24.7 Å². The summed E-state index contributed by atoms with van der Waals surface area (Å²) in [6, 6.07) is 3.18. The van der Waals surface area contributed by atoms with Crippen LogP contribution in [-0.2, 0) is 0 Å². The Labute approximate surface area is 99.5 Å². The van der Waals surface area contributed by atoms with Gasteiger partial charge in [-0.25, -0.2) is 19.3 Å². The Morgan fingerprint density at radius 3 is 3.00 bits per heavy atom. The van der Waals surface area contributed by atoms with Crippen LogP contribution in [0.5, 0.6) is 0 Å². The molecule has 17 heavy (non-hydrogen) atoms. The first-order valence-electron chi connectivity index (χ1n) is 4.69. The summed E-state index contributed by atoms with van der Waals surface area (Å²) in [7, 11) is 0. The highest BCUT2D eigenvalue weighted by Crippen LogP contribution is 2.24. The maximum absolute atomic E-state index is 11.1. The second-order valence-electron chi connectivity index (χ2n) is 3.40. The van der Waals surface area contributed by atoms with Crippen LogP contribution in [0.4, 0.5) is 0 Å². The number of nitrogens with zero attached hydrogens (tertiary/aromatic N) is 4. The topological polar surface area (TPSA) is 80.4 Å². The first kappa shape index (κ1) is 9.98. The molecule has 0 aliphatic carbocycles. The number of fused-ring (bicyclic) bond motifs is 3. The lowest BCUT2D eigenvalue weighted by Crippen LogP contribution is -2.03. The standard InChI is InChI=1S/C10H5ClN4O2/c11-8-7-5(1-2-12-8)3-6(10(16)17)9-13-4-14-15(7)9/h1-4H,(H,16,17). The average Bonchev–Trinajstić information content (AvgIpc) is 2.76. The van der Waals surface area contributed by atoms with Crippen LogP contribution in [0, 0.1) is 0 Å². The molecule has 0 unspecified atom stereocenters. The molecule has 0 fully saturated rings. The summed E-state index contributed by atoms with van der Waals surface area (Å²) in [5, 5.41) is 14.0. The quantitative estimate of drug-likeness (QED) is 0.662. The minimum atomic E-state index is -1.06. The molecule has 1 N–H and O–H groups in total. The zero-order chi connectivity index (χ0) is 12.0. The van der Waals surface area contributed by atoms with E-state index in [9.17, 15) is 4.79 Å². The summed E-state index contributed by atoms with van der Waals surface area (Å²) >= 11 is 5.98. The number of pyridine rings is 2. The number of hydrogen-bond acceptors (Lipinski definition) is 4. The number of aromatic nitrogens is 4. The van der Waals surface area contributed by atoms with Crippen molar-refractivity contribution in [1.29, 1.82) is 0 Å². The van der Waals surface area contributed by atoms with Gasteiger partial charge in [0.05, 0.1) is 0 Å². The minimum absolute atomic E-state index is 0.0808. The first-order valence-corrected chi connectivity index (χ1v) is 5.06. The highest BCUT2D eigenvalue weighted by Gasteiger charge is 2.15. The fourth-order valence-corrected chi connectivity index (χ4v) is 1.98. The molecule has 6 nitrogen and oxygen atoms in total. The monoisotopic (exact) mass is 248 g/mol. The summed E-state index contributed by atoms with van der Waals surface area (Å²) in [6.45, 7) is 0. The number of hydrogen-bond donors (Lipinski definition) is 1. The molecule has 0 amide bonds. The molecule has 3 aromatic rings. The van der Waals surface area contributed by atoms with Crippen molar-refractivity contribution >= 4 is 34.1 Å². The largest absolute Gasteiger partial charge is 0.478 e. The number of carbonyl (C=O) groups is 1. The van der Waals surface area contributed by atoms with Crippen LogP contribution in [0.2, 0.25) is 5.15 Å². The van der Waals surface area contributed by atoms with Crippen molar-refractivity contribution in [3.63, 3.8) is 0 Å². The van der Waals surface area contributed by atoms with Crippen molar-refractivity contribution < 1.29 is 9.90 Å². The van der Waals surface area contributed by atoms with E-state index in [1.165, 1.54) is 23.1 Å². The van der Waals surface area contributed by atoms with E-state index in [4.69, 9.17) is 16.7 Å². The minimum Gasteiger partial charge on any atom is -0.478 e. The van der Waals surface area contributed by atoms with Gasteiger partial charge in [0.1, 0.15) is 17.4 Å². The Morgan fingerprint density at radius 1 is 1.41 bits per heavy atom. The number of rotatable bonds is 1. The van der Waals surface area contributed by atoms with Crippen molar-refractivity contribution in [1.82, 2.24) is 19.6 Å². The summed E-state index contributed by atoms with van der Waals surface area (Å²) in [4.78, 5) is 19.0. The molecule has 3 aromatic heterocycles. The fourth-order valence-electron chi connectivity index (χ4n) is 1.73. The van der Waals surface area contributed by atoms with Crippen LogP contribution < -0.4 is 0 Å². The number of halogens is 1. The van der Waals surface area contributed by atoms with Gasteiger partial charge < -0.3 is 5.11 Å². The fraction of sp³-hybridized carbons (Fsp3) is 0. The van der Waals surface area contributed by atoms with E-state index in [1.54, 1.807) is 6.07 Å². The van der Waals surface area contributed by atoms with Gasteiger partial charge in [0, 0.05) is 11.6 Å². The maximum Gasteiger partial charge on any atom is 0.339 e. The van der Waals surface area contributed by atoms with Gasteiger partial charge in [0.25, 0.3) is 0 Å². The normalized spacial score (nSPS) is 11.1. The third-order valence-electron chi connectivity index (χ3n) is 2.44. The van der Waals surface area contributed by atoms with Gasteiger partial charge >= 0.3 is 5.97 Å². The van der Waals surface area contributed by atoms with Crippen molar-refractivity contribution in [3.05, 3.63) is 35.4 Å². The Balaban J connectivity index is 2.61. The molecule has 0 radical (unpaired) electrons. The Morgan fingerprint density at radius 2 is 2.24 bits per heavy atom. The third kappa shape index (κ3) is 1.34. The lowest BCUT2D eigenvalue weighted by Gasteiger charge is -2.04. The smallest absolute Gasteiger partial charge is 0.339 e. The summed E-state index contributed by atoms with van der Waals surface area (Å²) in [6.07, 6.45) is 2.80. The van der Waals surface area contributed by atoms with Gasteiger partial charge in [0.2, 0.25) is 0 Å². The summed E-state index contributed by atoms with van der Waals surface area (Å²) < 4.78 is 1.38. The molecule has 0 aromatic carbocycles. The SMILES string of the molecule is O=C(O)c1cc2ccnc(Cl)c2n2ncnc12. The molecule has 0 saturated heterocycles. The van der Waals surface area contributed by atoms with Gasteiger partial charge in [-0.3, -0.25) is 0 Å². The van der Waals surface area contributed by atoms with Gasteiger partial charge in [-0.15, -0.1) is 0 Å². The molecule has 0 atom stereocenters. The van der Waals surface area contributed by atoms with Crippen molar-refractivity contribution in [2.24, 2.45) is 0 Å². The molecule has 84 valence electrons. The molecule has 0 bridgehead atoms. The van der Waals surface area contributed by atoms with Crippen molar-refractivity contribution in [2.75, 3.05) is 0 Å². The number of carboxylic acids is 1. The predicted octanol–water partition coefficient (Wildman–Crippen LogP) is 1.63. The average molecular weight is 249 g/mol. The predicted molar refractivity (Wildman–Crippen MR) is 60.3 cm³/mol. The zero-order valence-corrected chi connectivity index (χ0v) is 9.09. The first-order chi connectivity index (χ1) is 8.18. The van der Waals surface area contributed by atoms with Crippen LogP contribution in [0.25, 0.3) is 16.6 Å². The molecule has 0 aliphatic rings. The van der Waals surface area contributed by atoms with E-state index < -0.39 is 5.97 Å². The number of carboxylic acid groups (broad SMARTS) is 1. The number of aromatic carboxylic acids is 1. The Bertz CT molecular complexity index is 752. The lowest BCUT2D eigenvalue weighted by molar-refractivity contribution is 0.0698. The van der Waals surface area contributed by atoms with Gasteiger partial charge in [-0.2, -0.15) is 5.10 Å². The molecule has 3 rings (SSSR count). The second-order valence-corrected chi connectivity index (χ2v) is 3.76. The van der Waals surface area contributed by atoms with Crippen LogP contribution in [0.3, 0.4) is 0 Å². The van der Waals surface area contributed by atoms with E-state index in [2.05, 4.69) is 15.1 Å². The molecule has 0 aliphatic heterocycles. The van der Waals surface area contributed by atoms with Crippen LogP contribution in [-0.4, -0.2) is 30.7 Å². The van der Waals surface area contributed by atoms with Gasteiger partial charge in [-0.1, -0.05) is 11.6 Å². The highest BCUT2D eigenvalue weighted by atomic mass is 35.5. The van der Waals surface area contributed by atoms with E-state index in [0.29, 0.717) is 10.9 Å². The molecule has 3 heterocycles. The Kier molecular flexibility index (Phi) is 1.99. The van der Waals surface area contributed by atoms with Crippen LogP contribution >= 0.6 is 11.6 Å². The van der Waals surface area contributed by atoms with Crippen molar-refractivity contribution in [3.8, 4) is 0 Å². The van der Waals surface area contributed by atoms with E-state index >= 15 is 0 Å². The molecular weight excluding hydrogens is 244 g/mol. The molecular formula is C10H5ClN4O2. The van der Waals surface area contributed by atoms with E-state index in [0.717, 1.165) is 0 Å². The zero-order valence-electron chi connectivity index (χ0n) is 8.33.